The van der Waals surface area contributed by atoms with Gasteiger partial charge in [-0.15, -0.1) is 11.3 Å². The Morgan fingerprint density at radius 2 is 1.95 bits per heavy atom. The molecule has 0 aliphatic rings. The number of nitrogens with zero attached hydrogens (tertiary/aromatic N) is 2. The Balaban J connectivity index is 2.50. The van der Waals surface area contributed by atoms with E-state index in [0.29, 0.717) is 5.95 Å². The number of hydrogen-bond acceptors (Lipinski definition) is 5. The summed E-state index contributed by atoms with van der Waals surface area (Å²) in [4.78, 5) is 11.7. The Morgan fingerprint density at radius 3 is 2.55 bits per heavy atom. The maximum atomic E-state index is 4.64. The molecule has 2 rings (SSSR count). The zero-order valence-electron chi connectivity index (χ0n) is 13.0. The number of hydrogen-bond donors (Lipinski definition) is 2. The molecule has 2 N–H and O–H groups in total. The van der Waals surface area contributed by atoms with Crippen molar-refractivity contribution in [3.63, 3.8) is 0 Å². The van der Waals surface area contributed by atoms with Crippen LogP contribution in [0.5, 0.6) is 0 Å². The van der Waals surface area contributed by atoms with Gasteiger partial charge in [0.1, 0.15) is 10.6 Å². The summed E-state index contributed by atoms with van der Waals surface area (Å²) in [6.07, 6.45) is 2.08. The minimum Gasteiger partial charge on any atom is -0.364 e. The maximum absolute atomic E-state index is 4.64. The van der Waals surface area contributed by atoms with Gasteiger partial charge in [0.25, 0.3) is 0 Å². The molecule has 110 valence electrons. The Hall–Kier alpha value is -1.36. The van der Waals surface area contributed by atoms with Gasteiger partial charge in [0.2, 0.25) is 5.95 Å². The molecule has 0 spiro atoms. The van der Waals surface area contributed by atoms with Gasteiger partial charge in [0.05, 0.1) is 5.39 Å². The average molecular weight is 292 g/mol. The van der Waals surface area contributed by atoms with Crippen molar-refractivity contribution < 1.29 is 0 Å². The maximum Gasteiger partial charge on any atom is 0.226 e. The fraction of sp³-hybridized carbons (Fsp3) is 0.600. The summed E-state index contributed by atoms with van der Waals surface area (Å²) < 4.78 is 0. The lowest BCUT2D eigenvalue weighted by molar-refractivity contribution is 0.546. The van der Waals surface area contributed by atoms with Gasteiger partial charge >= 0.3 is 0 Å². The van der Waals surface area contributed by atoms with Crippen LogP contribution in [-0.4, -0.2) is 22.1 Å². The molecule has 0 saturated heterocycles. The monoisotopic (exact) mass is 292 g/mol. The minimum absolute atomic E-state index is 0.0269. The smallest absolute Gasteiger partial charge is 0.226 e. The minimum atomic E-state index is 0.0269. The summed E-state index contributed by atoms with van der Waals surface area (Å²) in [7, 11) is 0. The summed E-state index contributed by atoms with van der Waals surface area (Å²) in [5.41, 5.74) is 0.0269. The third-order valence-electron chi connectivity index (χ3n) is 3.47. The molecule has 0 aromatic carbocycles. The van der Waals surface area contributed by atoms with Crippen LogP contribution in [0.2, 0.25) is 0 Å². The van der Waals surface area contributed by atoms with Gasteiger partial charge in [-0.2, -0.15) is 4.98 Å². The van der Waals surface area contributed by atoms with Gasteiger partial charge in [-0.05, 0) is 39.7 Å². The molecule has 0 amide bonds. The van der Waals surface area contributed by atoms with E-state index in [-0.39, 0.29) is 5.54 Å². The van der Waals surface area contributed by atoms with Crippen molar-refractivity contribution in [2.75, 3.05) is 17.2 Å². The van der Waals surface area contributed by atoms with Crippen LogP contribution in [0, 0.1) is 0 Å². The number of anilines is 2. The van der Waals surface area contributed by atoms with E-state index in [1.54, 1.807) is 11.3 Å². The van der Waals surface area contributed by atoms with E-state index in [1.807, 2.05) is 0 Å². The van der Waals surface area contributed by atoms with Crippen molar-refractivity contribution in [2.45, 2.75) is 53.0 Å². The van der Waals surface area contributed by atoms with E-state index in [4.69, 9.17) is 0 Å². The largest absolute Gasteiger partial charge is 0.364 e. The second-order valence-electron chi connectivity index (χ2n) is 5.57. The summed E-state index contributed by atoms with van der Waals surface area (Å²) in [5, 5.41) is 7.91. The molecule has 0 saturated carbocycles. The zero-order chi connectivity index (χ0) is 14.8. The normalized spacial score (nSPS) is 11.8. The lowest BCUT2D eigenvalue weighted by Crippen LogP contribution is -2.30. The van der Waals surface area contributed by atoms with Crippen LogP contribution in [0.3, 0.4) is 0 Å². The van der Waals surface area contributed by atoms with Gasteiger partial charge in [-0.1, -0.05) is 13.8 Å². The lowest BCUT2D eigenvalue weighted by atomic mass is 10.0. The lowest BCUT2D eigenvalue weighted by Gasteiger charge is -2.25. The molecule has 0 aliphatic carbocycles. The molecule has 0 bridgehead atoms. The van der Waals surface area contributed by atoms with Gasteiger partial charge in [-0.3, -0.25) is 0 Å². The third kappa shape index (κ3) is 3.20. The first-order valence-electron chi connectivity index (χ1n) is 7.31. The number of thiophene rings is 1. The fourth-order valence-electron chi connectivity index (χ4n) is 1.89. The number of fused-ring (bicyclic) bond motifs is 1. The zero-order valence-corrected chi connectivity index (χ0v) is 13.8. The number of nitrogens with one attached hydrogen (secondary N) is 2. The highest BCUT2D eigenvalue weighted by Gasteiger charge is 2.19. The molecule has 5 heteroatoms. The van der Waals surface area contributed by atoms with E-state index in [2.05, 4.69) is 61.3 Å². The average Bonchev–Trinajstić information content (AvgIpc) is 2.82. The van der Waals surface area contributed by atoms with Crippen molar-refractivity contribution in [3.8, 4) is 0 Å². The van der Waals surface area contributed by atoms with Gasteiger partial charge in [0.15, 0.2) is 0 Å². The first-order chi connectivity index (χ1) is 9.49. The van der Waals surface area contributed by atoms with E-state index in [1.165, 1.54) is 4.88 Å². The molecular weight excluding hydrogens is 268 g/mol. The fourth-order valence-corrected chi connectivity index (χ4v) is 2.85. The summed E-state index contributed by atoms with van der Waals surface area (Å²) in [6.45, 7) is 11.6. The van der Waals surface area contributed by atoms with Crippen molar-refractivity contribution in [3.05, 3.63) is 10.9 Å². The Morgan fingerprint density at radius 1 is 1.20 bits per heavy atom. The molecule has 2 aromatic rings. The molecule has 2 heterocycles. The quantitative estimate of drug-likeness (QED) is 0.834. The summed E-state index contributed by atoms with van der Waals surface area (Å²) in [6, 6.07) is 2.21. The highest BCUT2D eigenvalue weighted by atomic mass is 32.1. The number of aryl methyl sites for hydroxylation is 1. The van der Waals surface area contributed by atoms with Crippen LogP contribution in [0.15, 0.2) is 6.07 Å². The van der Waals surface area contributed by atoms with Crippen molar-refractivity contribution >= 4 is 33.3 Å². The van der Waals surface area contributed by atoms with Gasteiger partial charge in [-0.25, -0.2) is 4.98 Å². The van der Waals surface area contributed by atoms with Crippen LogP contribution in [0.1, 0.15) is 45.9 Å². The molecule has 0 atom stereocenters. The predicted molar refractivity (Wildman–Crippen MR) is 88.9 cm³/mol. The Kier molecular flexibility index (Phi) is 4.48. The highest BCUT2D eigenvalue weighted by molar-refractivity contribution is 7.18. The Bertz CT molecular complexity index is 589. The molecule has 0 unspecified atom stereocenters. The number of aromatic nitrogens is 2. The molecule has 20 heavy (non-hydrogen) atoms. The van der Waals surface area contributed by atoms with Crippen LogP contribution >= 0.6 is 11.3 Å². The molecule has 0 aliphatic heterocycles. The highest BCUT2D eigenvalue weighted by Crippen LogP contribution is 2.32. The molecule has 4 nitrogen and oxygen atoms in total. The van der Waals surface area contributed by atoms with Gasteiger partial charge in [0, 0.05) is 17.0 Å². The second kappa shape index (κ2) is 5.95. The van der Waals surface area contributed by atoms with E-state index < -0.39 is 0 Å². The van der Waals surface area contributed by atoms with Crippen LogP contribution < -0.4 is 10.6 Å². The van der Waals surface area contributed by atoms with Gasteiger partial charge < -0.3 is 10.6 Å². The standard InChI is InChI=1S/C15H24N4S/c1-6-10-9-11-12(19-15(4,5)7-2)17-14(16-8-3)18-13(11)20-10/h9H,6-8H2,1-5H3,(H2,16,17,18,19). The summed E-state index contributed by atoms with van der Waals surface area (Å²) >= 11 is 1.75. The summed E-state index contributed by atoms with van der Waals surface area (Å²) in [5.74, 6) is 1.65. The molecular formula is C15H24N4S. The van der Waals surface area contributed by atoms with Crippen LogP contribution in [0.4, 0.5) is 11.8 Å². The van der Waals surface area contributed by atoms with Crippen LogP contribution in [-0.2, 0) is 6.42 Å². The van der Waals surface area contributed by atoms with Crippen molar-refractivity contribution in [2.24, 2.45) is 0 Å². The second-order valence-corrected chi connectivity index (χ2v) is 6.69. The SMILES string of the molecule is CCNc1nc(NC(C)(C)CC)c2cc(CC)sc2n1. The van der Waals surface area contributed by atoms with E-state index in [9.17, 15) is 0 Å². The number of rotatable bonds is 6. The topological polar surface area (TPSA) is 49.8 Å². The molecule has 0 fully saturated rings. The van der Waals surface area contributed by atoms with Crippen LogP contribution in [0.25, 0.3) is 10.2 Å². The van der Waals surface area contributed by atoms with E-state index >= 15 is 0 Å². The Labute approximate surface area is 125 Å². The third-order valence-corrected chi connectivity index (χ3v) is 4.64. The van der Waals surface area contributed by atoms with Crippen molar-refractivity contribution in [1.82, 2.24) is 9.97 Å². The molecule has 2 aromatic heterocycles. The van der Waals surface area contributed by atoms with E-state index in [0.717, 1.165) is 35.4 Å². The molecule has 0 radical (unpaired) electrons. The first kappa shape index (κ1) is 15.0. The van der Waals surface area contributed by atoms with Crippen molar-refractivity contribution in [1.29, 1.82) is 0 Å². The predicted octanol–water partition coefficient (Wildman–Crippen LogP) is 4.29. The first-order valence-corrected chi connectivity index (χ1v) is 8.13.